The summed E-state index contributed by atoms with van der Waals surface area (Å²) in [6.45, 7) is 1.07. The van der Waals surface area contributed by atoms with Crippen LogP contribution in [0, 0.1) is 5.92 Å². The highest BCUT2D eigenvalue weighted by Gasteiger charge is 2.28. The van der Waals surface area contributed by atoms with Crippen molar-refractivity contribution in [2.24, 2.45) is 13.0 Å². The summed E-state index contributed by atoms with van der Waals surface area (Å²) in [4.78, 5) is 32.3. The molecule has 1 aliphatic heterocycles. The number of hydrogen-bond donors (Lipinski definition) is 1. The minimum atomic E-state index is -0.164. The van der Waals surface area contributed by atoms with E-state index in [1.807, 2.05) is 23.9 Å². The van der Waals surface area contributed by atoms with E-state index in [0.29, 0.717) is 42.2 Å². The van der Waals surface area contributed by atoms with Gasteiger partial charge in [0.1, 0.15) is 6.26 Å². The molecule has 1 fully saturated rings. The summed E-state index contributed by atoms with van der Waals surface area (Å²) in [5.74, 6) is -0.288. The van der Waals surface area contributed by atoms with Gasteiger partial charge in [0.05, 0.1) is 17.5 Å². The van der Waals surface area contributed by atoms with Crippen molar-refractivity contribution in [1.82, 2.24) is 14.5 Å². The largest absolute Gasteiger partial charge is 0.472 e. The lowest BCUT2D eigenvalue weighted by molar-refractivity contribution is -0.121. The Morgan fingerprint density at radius 3 is 2.73 bits per heavy atom. The normalized spacial score (nSPS) is 14.7. The molecule has 0 aliphatic carbocycles. The van der Waals surface area contributed by atoms with Crippen LogP contribution >= 0.6 is 23.4 Å². The van der Waals surface area contributed by atoms with Gasteiger partial charge in [-0.2, -0.15) is 0 Å². The van der Waals surface area contributed by atoms with E-state index >= 15 is 0 Å². The number of carbonyl (C=O) groups is 2. The van der Waals surface area contributed by atoms with E-state index in [0.717, 1.165) is 10.1 Å². The van der Waals surface area contributed by atoms with Crippen molar-refractivity contribution in [3.63, 3.8) is 0 Å². The summed E-state index contributed by atoms with van der Waals surface area (Å²) in [7, 11) is 1.92. The number of aryl methyl sites for hydroxylation is 1. The highest BCUT2D eigenvalue weighted by atomic mass is 35.5. The highest BCUT2D eigenvalue weighted by molar-refractivity contribution is 7.99. The SMILES string of the molecule is Cn1ccnc1Sc1ccc(Cl)cc1NC(=O)C1CCN(C(=O)c2ccoc2)CC1. The molecular formula is C21H21ClN4O3S. The molecule has 9 heteroatoms. The maximum atomic E-state index is 12.9. The molecular weight excluding hydrogens is 424 g/mol. The fourth-order valence-electron chi connectivity index (χ4n) is 3.39. The van der Waals surface area contributed by atoms with Gasteiger partial charge < -0.3 is 19.2 Å². The summed E-state index contributed by atoms with van der Waals surface area (Å²) in [6.07, 6.45) is 7.75. The number of piperidine rings is 1. The summed E-state index contributed by atoms with van der Waals surface area (Å²) in [5, 5.41) is 4.39. The number of halogens is 1. The fourth-order valence-corrected chi connectivity index (χ4v) is 4.43. The van der Waals surface area contributed by atoms with E-state index < -0.39 is 0 Å². The molecule has 0 bridgehead atoms. The molecule has 0 atom stereocenters. The van der Waals surface area contributed by atoms with Crippen molar-refractivity contribution in [2.45, 2.75) is 22.9 Å². The summed E-state index contributed by atoms with van der Waals surface area (Å²) < 4.78 is 6.90. The van der Waals surface area contributed by atoms with Crippen molar-refractivity contribution in [3.8, 4) is 0 Å². The van der Waals surface area contributed by atoms with Crippen LogP contribution in [0.4, 0.5) is 5.69 Å². The molecule has 7 nitrogen and oxygen atoms in total. The smallest absolute Gasteiger partial charge is 0.257 e. The van der Waals surface area contributed by atoms with Crippen LogP contribution in [0.15, 0.2) is 63.7 Å². The Morgan fingerprint density at radius 1 is 1.27 bits per heavy atom. The van der Waals surface area contributed by atoms with Gasteiger partial charge in [0.15, 0.2) is 5.16 Å². The third-order valence-electron chi connectivity index (χ3n) is 5.10. The van der Waals surface area contributed by atoms with Gasteiger partial charge in [-0.3, -0.25) is 9.59 Å². The van der Waals surface area contributed by atoms with Crippen LogP contribution in [-0.2, 0) is 11.8 Å². The molecule has 0 radical (unpaired) electrons. The molecule has 4 rings (SSSR count). The zero-order chi connectivity index (χ0) is 21.1. The maximum absolute atomic E-state index is 12.9. The number of amides is 2. The second-order valence-electron chi connectivity index (χ2n) is 7.13. The van der Waals surface area contributed by atoms with Crippen LogP contribution in [0.1, 0.15) is 23.2 Å². The first-order chi connectivity index (χ1) is 14.5. The molecule has 0 spiro atoms. The first-order valence-electron chi connectivity index (χ1n) is 9.58. The van der Waals surface area contributed by atoms with E-state index in [4.69, 9.17) is 16.0 Å². The number of hydrogen-bond acceptors (Lipinski definition) is 5. The molecule has 1 aliphatic rings. The third kappa shape index (κ3) is 4.55. The van der Waals surface area contributed by atoms with E-state index in [9.17, 15) is 9.59 Å². The second kappa shape index (κ2) is 8.97. The summed E-state index contributed by atoms with van der Waals surface area (Å²) in [6, 6.07) is 7.08. The summed E-state index contributed by atoms with van der Waals surface area (Å²) >= 11 is 7.63. The van der Waals surface area contributed by atoms with Crippen molar-refractivity contribution >= 4 is 40.9 Å². The van der Waals surface area contributed by atoms with Crippen LogP contribution in [-0.4, -0.2) is 39.4 Å². The van der Waals surface area contributed by atoms with Crippen LogP contribution in [0.25, 0.3) is 0 Å². The van der Waals surface area contributed by atoms with Crippen molar-refractivity contribution in [3.05, 3.63) is 59.8 Å². The quantitative estimate of drug-likeness (QED) is 0.634. The third-order valence-corrected chi connectivity index (χ3v) is 6.49. The van der Waals surface area contributed by atoms with Crippen LogP contribution in [0.3, 0.4) is 0 Å². The molecule has 0 saturated carbocycles. The Kier molecular flexibility index (Phi) is 6.15. The first-order valence-corrected chi connectivity index (χ1v) is 10.8. The Hall–Kier alpha value is -2.71. The molecule has 30 heavy (non-hydrogen) atoms. The molecule has 3 heterocycles. The van der Waals surface area contributed by atoms with Gasteiger partial charge >= 0.3 is 0 Å². The Balaban J connectivity index is 1.40. The zero-order valence-electron chi connectivity index (χ0n) is 16.4. The Labute approximate surface area is 183 Å². The van der Waals surface area contributed by atoms with E-state index in [1.165, 1.54) is 24.3 Å². The number of nitrogens with zero attached hydrogens (tertiary/aromatic N) is 3. The lowest BCUT2D eigenvalue weighted by Gasteiger charge is -2.31. The van der Waals surface area contributed by atoms with E-state index in [2.05, 4.69) is 10.3 Å². The number of benzene rings is 1. The molecule has 1 aromatic carbocycles. The van der Waals surface area contributed by atoms with Gasteiger partial charge in [0.25, 0.3) is 5.91 Å². The van der Waals surface area contributed by atoms with Gasteiger partial charge in [-0.25, -0.2) is 4.98 Å². The number of rotatable bonds is 5. The molecule has 1 N–H and O–H groups in total. The van der Waals surface area contributed by atoms with Crippen molar-refractivity contribution < 1.29 is 14.0 Å². The lowest BCUT2D eigenvalue weighted by atomic mass is 9.95. The van der Waals surface area contributed by atoms with Gasteiger partial charge in [-0.15, -0.1) is 0 Å². The average Bonchev–Trinajstić information content (AvgIpc) is 3.42. The predicted octanol–water partition coefficient (Wildman–Crippen LogP) is 4.31. The van der Waals surface area contributed by atoms with Crippen LogP contribution in [0.2, 0.25) is 5.02 Å². The maximum Gasteiger partial charge on any atom is 0.257 e. The topological polar surface area (TPSA) is 80.4 Å². The number of nitrogens with one attached hydrogen (secondary N) is 1. The zero-order valence-corrected chi connectivity index (χ0v) is 17.9. The molecule has 2 aromatic heterocycles. The predicted molar refractivity (Wildman–Crippen MR) is 115 cm³/mol. The van der Waals surface area contributed by atoms with Gasteiger partial charge in [-0.05, 0) is 48.9 Å². The van der Waals surface area contributed by atoms with Crippen LogP contribution < -0.4 is 5.32 Å². The number of likely N-dealkylation sites (tertiary alicyclic amines) is 1. The van der Waals surface area contributed by atoms with Gasteiger partial charge in [0, 0.05) is 48.4 Å². The number of imidazole rings is 1. The van der Waals surface area contributed by atoms with E-state index in [-0.39, 0.29) is 17.7 Å². The molecule has 2 amide bonds. The second-order valence-corrected chi connectivity index (χ2v) is 8.58. The first kappa shape index (κ1) is 20.6. The standard InChI is InChI=1S/C21H21ClN4O3S/c1-25-10-7-23-21(25)30-18-3-2-16(22)12-17(18)24-19(27)14-4-8-26(9-5-14)20(28)15-6-11-29-13-15/h2-3,6-7,10-14H,4-5,8-9H2,1H3,(H,24,27). The monoisotopic (exact) mass is 444 g/mol. The fraction of sp³-hybridized carbons (Fsp3) is 0.286. The summed E-state index contributed by atoms with van der Waals surface area (Å²) in [5.41, 5.74) is 1.20. The number of carbonyl (C=O) groups excluding carboxylic acids is 2. The molecule has 1 saturated heterocycles. The lowest BCUT2D eigenvalue weighted by Crippen LogP contribution is -2.41. The van der Waals surface area contributed by atoms with Crippen molar-refractivity contribution in [1.29, 1.82) is 0 Å². The molecule has 0 unspecified atom stereocenters. The molecule has 3 aromatic rings. The minimum Gasteiger partial charge on any atom is -0.472 e. The Morgan fingerprint density at radius 2 is 2.07 bits per heavy atom. The van der Waals surface area contributed by atoms with Crippen molar-refractivity contribution in [2.75, 3.05) is 18.4 Å². The average molecular weight is 445 g/mol. The number of aromatic nitrogens is 2. The minimum absolute atomic E-state index is 0.0608. The van der Waals surface area contributed by atoms with Gasteiger partial charge in [0.2, 0.25) is 5.91 Å². The van der Waals surface area contributed by atoms with E-state index in [1.54, 1.807) is 29.3 Å². The van der Waals surface area contributed by atoms with Crippen LogP contribution in [0.5, 0.6) is 0 Å². The number of furan rings is 1. The molecule has 156 valence electrons. The Bertz CT molecular complexity index is 1040. The highest BCUT2D eigenvalue weighted by Crippen LogP contribution is 2.35. The number of anilines is 1. The van der Waals surface area contributed by atoms with Gasteiger partial charge in [-0.1, -0.05) is 11.6 Å².